The highest BCUT2D eigenvalue weighted by atomic mass is 19.1. The molecular formula is C11H13FO4. The molecule has 0 saturated carbocycles. The van der Waals surface area contributed by atoms with Crippen molar-refractivity contribution in [3.05, 3.63) is 30.1 Å². The van der Waals surface area contributed by atoms with Crippen LogP contribution < -0.4 is 4.74 Å². The van der Waals surface area contributed by atoms with Gasteiger partial charge in [-0.1, -0.05) is 12.1 Å². The average Bonchev–Trinajstić information content (AvgIpc) is 2.26. The number of hydrogen-bond donors (Lipinski definition) is 1. The van der Waals surface area contributed by atoms with Gasteiger partial charge in [-0.05, 0) is 19.1 Å². The zero-order valence-electron chi connectivity index (χ0n) is 8.85. The fourth-order valence-corrected chi connectivity index (χ4v) is 1.01. The minimum atomic E-state index is -1.04. The highest BCUT2D eigenvalue weighted by Crippen LogP contribution is 2.14. The third-order valence-corrected chi connectivity index (χ3v) is 1.89. The molecule has 1 aromatic carbocycles. The molecule has 0 radical (unpaired) electrons. The smallest absolute Gasteiger partial charge is 0.332 e. The van der Waals surface area contributed by atoms with Gasteiger partial charge in [0.15, 0.2) is 17.7 Å². The maximum atomic E-state index is 13.0. The minimum absolute atomic E-state index is 0.0990. The van der Waals surface area contributed by atoms with Gasteiger partial charge in [0.2, 0.25) is 0 Å². The van der Waals surface area contributed by atoms with Gasteiger partial charge < -0.3 is 14.6 Å². The van der Waals surface area contributed by atoms with Crippen LogP contribution in [0.4, 0.5) is 4.39 Å². The molecule has 0 fully saturated rings. The van der Waals surface area contributed by atoms with Gasteiger partial charge >= 0.3 is 5.97 Å². The van der Waals surface area contributed by atoms with Crippen LogP contribution in [0.2, 0.25) is 0 Å². The van der Waals surface area contributed by atoms with E-state index in [0.29, 0.717) is 0 Å². The van der Waals surface area contributed by atoms with Crippen molar-refractivity contribution in [1.29, 1.82) is 0 Å². The third kappa shape index (κ3) is 3.86. The van der Waals surface area contributed by atoms with Crippen molar-refractivity contribution in [2.24, 2.45) is 0 Å². The van der Waals surface area contributed by atoms with Gasteiger partial charge in [-0.3, -0.25) is 0 Å². The number of ether oxygens (including phenoxy) is 2. The second-order valence-corrected chi connectivity index (χ2v) is 3.13. The lowest BCUT2D eigenvalue weighted by atomic mass is 10.3. The summed E-state index contributed by atoms with van der Waals surface area (Å²) in [7, 11) is 0. The lowest BCUT2D eigenvalue weighted by molar-refractivity contribution is -0.149. The monoisotopic (exact) mass is 228 g/mol. The summed E-state index contributed by atoms with van der Waals surface area (Å²) in [5.41, 5.74) is 0. The first-order valence-electron chi connectivity index (χ1n) is 4.83. The number of carboxylic acids is 1. The number of carboxylic acid groups (broad SMARTS) is 1. The molecule has 0 bridgehead atoms. The SMILES string of the molecule is CC(OCCOc1ccccc1F)C(=O)O. The predicted molar refractivity (Wildman–Crippen MR) is 54.9 cm³/mol. The molecule has 4 nitrogen and oxygen atoms in total. The molecule has 0 aliphatic rings. The summed E-state index contributed by atoms with van der Waals surface area (Å²) < 4.78 is 23.0. The Morgan fingerprint density at radius 1 is 1.44 bits per heavy atom. The lowest BCUT2D eigenvalue weighted by Crippen LogP contribution is -2.22. The van der Waals surface area contributed by atoms with Crippen LogP contribution in [0.3, 0.4) is 0 Å². The molecule has 1 unspecified atom stereocenters. The normalized spacial score (nSPS) is 12.1. The zero-order valence-corrected chi connectivity index (χ0v) is 8.85. The van der Waals surface area contributed by atoms with Crippen molar-refractivity contribution in [2.75, 3.05) is 13.2 Å². The molecule has 0 aliphatic heterocycles. The first-order valence-corrected chi connectivity index (χ1v) is 4.83. The molecule has 1 aromatic rings. The number of aliphatic carboxylic acids is 1. The second kappa shape index (κ2) is 6.07. The van der Waals surface area contributed by atoms with E-state index in [9.17, 15) is 9.18 Å². The molecule has 0 spiro atoms. The molecule has 5 heteroatoms. The Balaban J connectivity index is 2.26. The van der Waals surface area contributed by atoms with E-state index in [1.165, 1.54) is 19.1 Å². The second-order valence-electron chi connectivity index (χ2n) is 3.13. The third-order valence-electron chi connectivity index (χ3n) is 1.89. The van der Waals surface area contributed by atoms with E-state index >= 15 is 0 Å². The van der Waals surface area contributed by atoms with Gasteiger partial charge in [0.25, 0.3) is 0 Å². The summed E-state index contributed by atoms with van der Waals surface area (Å²) in [4.78, 5) is 10.4. The highest BCUT2D eigenvalue weighted by molar-refractivity contribution is 5.71. The Labute approximate surface area is 92.6 Å². The molecule has 88 valence electrons. The molecular weight excluding hydrogens is 215 g/mol. The van der Waals surface area contributed by atoms with Gasteiger partial charge in [0, 0.05) is 0 Å². The number of rotatable bonds is 6. The largest absolute Gasteiger partial charge is 0.488 e. The van der Waals surface area contributed by atoms with Crippen LogP contribution in [-0.4, -0.2) is 30.4 Å². The number of halogens is 1. The molecule has 1 rings (SSSR count). The van der Waals surface area contributed by atoms with E-state index in [2.05, 4.69) is 0 Å². The van der Waals surface area contributed by atoms with Gasteiger partial charge in [-0.25, -0.2) is 9.18 Å². The van der Waals surface area contributed by atoms with Crippen molar-refractivity contribution >= 4 is 5.97 Å². The van der Waals surface area contributed by atoms with Crippen molar-refractivity contribution < 1.29 is 23.8 Å². The summed E-state index contributed by atoms with van der Waals surface area (Å²) in [6, 6.07) is 6.00. The van der Waals surface area contributed by atoms with E-state index in [4.69, 9.17) is 14.6 Å². The number of hydrogen-bond acceptors (Lipinski definition) is 3. The van der Waals surface area contributed by atoms with Crippen LogP contribution >= 0.6 is 0 Å². The predicted octanol–water partition coefficient (Wildman–Crippen LogP) is 1.69. The van der Waals surface area contributed by atoms with E-state index < -0.39 is 17.9 Å². The van der Waals surface area contributed by atoms with Gasteiger partial charge in [0.1, 0.15) is 6.61 Å². The van der Waals surface area contributed by atoms with E-state index in [1.54, 1.807) is 12.1 Å². The molecule has 1 N–H and O–H groups in total. The minimum Gasteiger partial charge on any atom is -0.488 e. The van der Waals surface area contributed by atoms with Gasteiger partial charge in [0.05, 0.1) is 6.61 Å². The average molecular weight is 228 g/mol. The molecule has 0 heterocycles. The summed E-state index contributed by atoms with van der Waals surface area (Å²) in [5, 5.41) is 8.52. The Hall–Kier alpha value is -1.62. The van der Waals surface area contributed by atoms with Crippen molar-refractivity contribution in [1.82, 2.24) is 0 Å². The Bertz CT molecular complexity index is 354. The van der Waals surface area contributed by atoms with E-state index in [0.717, 1.165) is 0 Å². The van der Waals surface area contributed by atoms with Crippen molar-refractivity contribution in [3.63, 3.8) is 0 Å². The van der Waals surface area contributed by atoms with Gasteiger partial charge in [-0.2, -0.15) is 0 Å². The number of benzene rings is 1. The fourth-order valence-electron chi connectivity index (χ4n) is 1.01. The number of carbonyl (C=O) groups is 1. The zero-order chi connectivity index (χ0) is 12.0. The van der Waals surface area contributed by atoms with Crippen LogP contribution in [-0.2, 0) is 9.53 Å². The topological polar surface area (TPSA) is 55.8 Å². The molecule has 1 atom stereocenters. The molecule has 0 aromatic heterocycles. The maximum absolute atomic E-state index is 13.0. The standard InChI is InChI=1S/C11H13FO4/c1-8(11(13)14)15-6-7-16-10-5-3-2-4-9(10)12/h2-5,8H,6-7H2,1H3,(H,13,14). The van der Waals surface area contributed by atoms with Crippen molar-refractivity contribution in [3.8, 4) is 5.75 Å². The summed E-state index contributed by atoms with van der Waals surface area (Å²) >= 11 is 0. The molecule has 16 heavy (non-hydrogen) atoms. The van der Waals surface area contributed by atoms with Crippen LogP contribution in [0.15, 0.2) is 24.3 Å². The maximum Gasteiger partial charge on any atom is 0.332 e. The molecule has 0 saturated heterocycles. The quantitative estimate of drug-likeness (QED) is 0.753. The highest BCUT2D eigenvalue weighted by Gasteiger charge is 2.10. The first-order chi connectivity index (χ1) is 7.61. The van der Waals surface area contributed by atoms with Crippen LogP contribution in [0.5, 0.6) is 5.75 Å². The first kappa shape index (κ1) is 12.4. The summed E-state index contributed by atoms with van der Waals surface area (Å²) in [6.07, 6.45) is -0.885. The number of para-hydroxylation sites is 1. The van der Waals surface area contributed by atoms with Crippen molar-refractivity contribution in [2.45, 2.75) is 13.0 Å². The van der Waals surface area contributed by atoms with Crippen LogP contribution in [0.25, 0.3) is 0 Å². The molecule has 0 aliphatic carbocycles. The molecule has 0 amide bonds. The van der Waals surface area contributed by atoms with Crippen LogP contribution in [0.1, 0.15) is 6.92 Å². The summed E-state index contributed by atoms with van der Waals surface area (Å²) in [6.45, 7) is 1.63. The van der Waals surface area contributed by atoms with E-state index in [1.807, 2.05) is 0 Å². The Morgan fingerprint density at radius 2 is 2.12 bits per heavy atom. The van der Waals surface area contributed by atoms with Gasteiger partial charge in [-0.15, -0.1) is 0 Å². The lowest BCUT2D eigenvalue weighted by Gasteiger charge is -2.09. The Kier molecular flexibility index (Phi) is 4.72. The van der Waals surface area contributed by atoms with E-state index in [-0.39, 0.29) is 19.0 Å². The Morgan fingerprint density at radius 3 is 2.75 bits per heavy atom. The summed E-state index contributed by atoms with van der Waals surface area (Å²) in [5.74, 6) is -1.35. The fraction of sp³-hybridized carbons (Fsp3) is 0.364. The van der Waals surface area contributed by atoms with Crippen LogP contribution in [0, 0.1) is 5.82 Å².